The summed E-state index contributed by atoms with van der Waals surface area (Å²) < 4.78 is 5.40. The molecule has 0 saturated carbocycles. The lowest BCUT2D eigenvalue weighted by molar-refractivity contribution is 0.0577. The van der Waals surface area contributed by atoms with Crippen LogP contribution < -0.4 is 5.32 Å². The summed E-state index contributed by atoms with van der Waals surface area (Å²) in [7, 11) is 0. The van der Waals surface area contributed by atoms with E-state index in [1.807, 2.05) is 18.7 Å². The summed E-state index contributed by atoms with van der Waals surface area (Å²) in [6, 6.07) is 0.385. The van der Waals surface area contributed by atoms with Crippen molar-refractivity contribution in [3.63, 3.8) is 0 Å². The van der Waals surface area contributed by atoms with E-state index in [4.69, 9.17) is 4.74 Å². The summed E-state index contributed by atoms with van der Waals surface area (Å²) in [5.41, 5.74) is 0. The van der Waals surface area contributed by atoms with Gasteiger partial charge in [-0.1, -0.05) is 6.92 Å². The fourth-order valence-corrected chi connectivity index (χ4v) is 2.72. The number of carbonyl (C=O) groups excluding carboxylic acids is 1. The molecule has 1 N–H and O–H groups in total. The smallest absolute Gasteiger partial charge is 0.410 e. The molecule has 2 unspecified atom stereocenters. The zero-order valence-corrected chi connectivity index (χ0v) is 12.2. The third-order valence-corrected chi connectivity index (χ3v) is 4.07. The van der Waals surface area contributed by atoms with E-state index >= 15 is 0 Å². The Hall–Kier alpha value is -0.810. The lowest BCUT2D eigenvalue weighted by Crippen LogP contribution is -2.56. The second-order valence-electron chi connectivity index (χ2n) is 5.71. The van der Waals surface area contributed by atoms with Gasteiger partial charge in [-0.15, -0.1) is 0 Å². The molecular formula is C14H27N3O2. The lowest BCUT2D eigenvalue weighted by atomic mass is 10.2. The number of hydrogen-bond donors (Lipinski definition) is 1. The molecule has 2 atom stereocenters. The highest BCUT2D eigenvalue weighted by Gasteiger charge is 2.27. The molecule has 2 aliphatic heterocycles. The normalized spacial score (nSPS) is 26.4. The monoisotopic (exact) mass is 269 g/mol. The molecule has 0 bridgehead atoms. The molecule has 2 heterocycles. The molecule has 0 aliphatic carbocycles. The SMILES string of the molecule is CCC(C)OC(=O)N1CCNC(CN2CCCC2)C1. The van der Waals surface area contributed by atoms with Gasteiger partial charge in [-0.05, 0) is 39.3 Å². The highest BCUT2D eigenvalue weighted by Crippen LogP contribution is 2.11. The van der Waals surface area contributed by atoms with Crippen molar-refractivity contribution >= 4 is 6.09 Å². The van der Waals surface area contributed by atoms with E-state index in [2.05, 4.69) is 10.2 Å². The number of piperazine rings is 1. The molecule has 2 saturated heterocycles. The summed E-state index contributed by atoms with van der Waals surface area (Å²) in [6.07, 6.45) is 3.36. The Morgan fingerprint density at radius 2 is 2.11 bits per heavy atom. The topological polar surface area (TPSA) is 44.8 Å². The minimum Gasteiger partial charge on any atom is -0.446 e. The molecule has 0 aromatic carbocycles. The van der Waals surface area contributed by atoms with Gasteiger partial charge in [0.25, 0.3) is 0 Å². The summed E-state index contributed by atoms with van der Waals surface area (Å²) in [6.45, 7) is 9.83. The molecule has 2 aliphatic rings. The predicted molar refractivity (Wildman–Crippen MR) is 75.3 cm³/mol. The van der Waals surface area contributed by atoms with Crippen molar-refractivity contribution < 1.29 is 9.53 Å². The van der Waals surface area contributed by atoms with Crippen molar-refractivity contribution in [3.8, 4) is 0 Å². The maximum Gasteiger partial charge on any atom is 0.410 e. The van der Waals surface area contributed by atoms with Gasteiger partial charge in [0.05, 0.1) is 0 Å². The van der Waals surface area contributed by atoms with Crippen LogP contribution in [0, 0.1) is 0 Å². The van der Waals surface area contributed by atoms with Crippen LogP contribution in [0.1, 0.15) is 33.1 Å². The fraction of sp³-hybridized carbons (Fsp3) is 0.929. The van der Waals surface area contributed by atoms with Crippen molar-refractivity contribution in [1.82, 2.24) is 15.1 Å². The zero-order chi connectivity index (χ0) is 13.7. The Balaban J connectivity index is 1.77. The maximum absolute atomic E-state index is 12.0. The Labute approximate surface area is 116 Å². The first-order chi connectivity index (χ1) is 9.19. The van der Waals surface area contributed by atoms with Crippen molar-refractivity contribution in [2.75, 3.05) is 39.3 Å². The number of rotatable bonds is 4. The quantitative estimate of drug-likeness (QED) is 0.835. The molecular weight excluding hydrogens is 242 g/mol. The van der Waals surface area contributed by atoms with Crippen LogP contribution in [0.25, 0.3) is 0 Å². The highest BCUT2D eigenvalue weighted by atomic mass is 16.6. The van der Waals surface area contributed by atoms with Crippen LogP contribution in [0.2, 0.25) is 0 Å². The largest absolute Gasteiger partial charge is 0.446 e. The van der Waals surface area contributed by atoms with Crippen molar-refractivity contribution in [3.05, 3.63) is 0 Å². The summed E-state index contributed by atoms with van der Waals surface area (Å²) in [5.74, 6) is 0. The minimum atomic E-state index is -0.151. The molecule has 1 amide bonds. The molecule has 2 fully saturated rings. The van der Waals surface area contributed by atoms with Crippen LogP contribution in [-0.4, -0.2) is 67.3 Å². The Morgan fingerprint density at radius 3 is 2.79 bits per heavy atom. The summed E-state index contributed by atoms with van der Waals surface area (Å²) in [5, 5.41) is 3.51. The third-order valence-electron chi connectivity index (χ3n) is 4.07. The molecule has 5 heteroatoms. The van der Waals surface area contributed by atoms with Gasteiger partial charge < -0.3 is 19.9 Å². The van der Waals surface area contributed by atoms with Crippen LogP contribution in [0.3, 0.4) is 0 Å². The summed E-state index contributed by atoms with van der Waals surface area (Å²) in [4.78, 5) is 16.4. The van der Waals surface area contributed by atoms with E-state index in [0.29, 0.717) is 6.04 Å². The van der Waals surface area contributed by atoms with E-state index in [1.165, 1.54) is 25.9 Å². The van der Waals surface area contributed by atoms with Gasteiger partial charge in [-0.3, -0.25) is 0 Å². The lowest BCUT2D eigenvalue weighted by Gasteiger charge is -2.35. The number of amides is 1. The molecule has 0 radical (unpaired) electrons. The third kappa shape index (κ3) is 4.35. The van der Waals surface area contributed by atoms with Gasteiger partial charge in [0.15, 0.2) is 0 Å². The molecule has 0 spiro atoms. The molecule has 19 heavy (non-hydrogen) atoms. The van der Waals surface area contributed by atoms with Gasteiger partial charge in [0.2, 0.25) is 0 Å². The maximum atomic E-state index is 12.0. The van der Waals surface area contributed by atoms with Crippen LogP contribution in [-0.2, 0) is 4.74 Å². The molecule has 0 aromatic heterocycles. The average molecular weight is 269 g/mol. The second kappa shape index (κ2) is 7.10. The van der Waals surface area contributed by atoms with Crippen molar-refractivity contribution in [1.29, 1.82) is 0 Å². The van der Waals surface area contributed by atoms with Crippen LogP contribution in [0.15, 0.2) is 0 Å². The number of ether oxygens (including phenoxy) is 1. The van der Waals surface area contributed by atoms with Crippen molar-refractivity contribution in [2.45, 2.75) is 45.3 Å². The average Bonchev–Trinajstić information content (AvgIpc) is 2.91. The molecule has 110 valence electrons. The highest BCUT2D eigenvalue weighted by molar-refractivity contribution is 5.68. The minimum absolute atomic E-state index is 0.0133. The Kier molecular flexibility index (Phi) is 5.45. The molecule has 0 aromatic rings. The molecule has 5 nitrogen and oxygen atoms in total. The van der Waals surface area contributed by atoms with Gasteiger partial charge in [0, 0.05) is 32.2 Å². The Bertz CT molecular complexity index is 292. The number of nitrogens with one attached hydrogen (secondary N) is 1. The van der Waals surface area contributed by atoms with Crippen LogP contribution in [0.5, 0.6) is 0 Å². The number of carbonyl (C=O) groups is 1. The van der Waals surface area contributed by atoms with Crippen LogP contribution in [0.4, 0.5) is 4.79 Å². The first-order valence-electron chi connectivity index (χ1n) is 7.60. The van der Waals surface area contributed by atoms with Crippen molar-refractivity contribution in [2.24, 2.45) is 0 Å². The second-order valence-corrected chi connectivity index (χ2v) is 5.71. The molecule has 2 rings (SSSR count). The van der Waals surface area contributed by atoms with E-state index in [9.17, 15) is 4.79 Å². The zero-order valence-electron chi connectivity index (χ0n) is 12.2. The first-order valence-corrected chi connectivity index (χ1v) is 7.60. The predicted octanol–water partition coefficient (Wildman–Crippen LogP) is 1.29. The van der Waals surface area contributed by atoms with Gasteiger partial charge >= 0.3 is 6.09 Å². The van der Waals surface area contributed by atoms with E-state index in [-0.39, 0.29) is 12.2 Å². The van der Waals surface area contributed by atoms with E-state index < -0.39 is 0 Å². The van der Waals surface area contributed by atoms with E-state index in [0.717, 1.165) is 32.6 Å². The van der Waals surface area contributed by atoms with Crippen LogP contribution >= 0.6 is 0 Å². The fourth-order valence-electron chi connectivity index (χ4n) is 2.72. The standard InChI is InChI=1S/C14H27N3O2/c1-3-12(2)19-14(18)17-9-6-15-13(11-17)10-16-7-4-5-8-16/h12-13,15H,3-11H2,1-2H3. The van der Waals surface area contributed by atoms with E-state index in [1.54, 1.807) is 0 Å². The first kappa shape index (κ1) is 14.6. The van der Waals surface area contributed by atoms with Gasteiger partial charge in [-0.2, -0.15) is 0 Å². The van der Waals surface area contributed by atoms with Gasteiger partial charge in [-0.25, -0.2) is 4.79 Å². The number of nitrogens with zero attached hydrogens (tertiary/aromatic N) is 2. The summed E-state index contributed by atoms with van der Waals surface area (Å²) >= 11 is 0. The Morgan fingerprint density at radius 1 is 1.37 bits per heavy atom. The number of hydrogen-bond acceptors (Lipinski definition) is 4. The van der Waals surface area contributed by atoms with Gasteiger partial charge in [0.1, 0.15) is 6.10 Å². The number of likely N-dealkylation sites (tertiary alicyclic amines) is 1.